The molecular formula is C13H17F3N4O. The molecule has 21 heavy (non-hydrogen) atoms. The lowest BCUT2D eigenvalue weighted by atomic mass is 10.0. The predicted octanol–water partition coefficient (Wildman–Crippen LogP) is 2.46. The minimum atomic E-state index is -4.34. The quantitative estimate of drug-likeness (QED) is 0.783. The minimum absolute atomic E-state index is 0.119. The zero-order valence-electron chi connectivity index (χ0n) is 11.9. The summed E-state index contributed by atoms with van der Waals surface area (Å²) in [7, 11) is 0. The molecule has 0 saturated heterocycles. The molecule has 0 radical (unpaired) electrons. The number of nitrogens with zero attached hydrogens (tertiary/aromatic N) is 3. The van der Waals surface area contributed by atoms with Crippen molar-refractivity contribution in [3.63, 3.8) is 0 Å². The predicted molar refractivity (Wildman–Crippen MR) is 70.9 cm³/mol. The molecule has 1 N–H and O–H groups in total. The third kappa shape index (κ3) is 5.19. The first-order valence-corrected chi connectivity index (χ1v) is 6.59. The summed E-state index contributed by atoms with van der Waals surface area (Å²) < 4.78 is 40.2. The summed E-state index contributed by atoms with van der Waals surface area (Å²) in [5.41, 5.74) is 1.96. The van der Waals surface area contributed by atoms with Gasteiger partial charge in [-0.2, -0.15) is 23.5 Å². The summed E-state index contributed by atoms with van der Waals surface area (Å²) >= 11 is 0. The maximum Gasteiger partial charge on any atom is 0.411 e. The molecule has 0 atom stereocenters. The first kappa shape index (κ1) is 17.2. The van der Waals surface area contributed by atoms with E-state index in [-0.39, 0.29) is 19.0 Å². The van der Waals surface area contributed by atoms with Crippen molar-refractivity contribution in [3.05, 3.63) is 16.8 Å². The van der Waals surface area contributed by atoms with Gasteiger partial charge in [0.1, 0.15) is 18.2 Å². The molecule has 0 spiro atoms. The average Bonchev–Trinajstić information content (AvgIpc) is 2.44. The number of aromatic nitrogens is 2. The molecule has 0 saturated carbocycles. The molecule has 8 heteroatoms. The molecule has 5 nitrogen and oxygen atoms in total. The van der Waals surface area contributed by atoms with Crippen LogP contribution in [0.5, 0.6) is 0 Å². The fourth-order valence-electron chi connectivity index (χ4n) is 1.85. The minimum Gasteiger partial charge on any atom is -0.370 e. The number of halogens is 3. The van der Waals surface area contributed by atoms with E-state index in [0.29, 0.717) is 18.4 Å². The fraction of sp³-hybridized carbons (Fsp3) is 0.615. The van der Waals surface area contributed by atoms with Crippen molar-refractivity contribution in [2.75, 3.05) is 25.1 Å². The van der Waals surface area contributed by atoms with Gasteiger partial charge in [0, 0.05) is 6.54 Å². The molecule has 1 rings (SSSR count). The van der Waals surface area contributed by atoms with E-state index in [0.717, 1.165) is 11.3 Å². The van der Waals surface area contributed by atoms with Crippen LogP contribution in [0.2, 0.25) is 0 Å². The largest absolute Gasteiger partial charge is 0.411 e. The molecule has 0 amide bonds. The monoisotopic (exact) mass is 302 g/mol. The van der Waals surface area contributed by atoms with Crippen molar-refractivity contribution >= 4 is 5.82 Å². The van der Waals surface area contributed by atoms with Crippen LogP contribution in [0.4, 0.5) is 19.0 Å². The van der Waals surface area contributed by atoms with Gasteiger partial charge in [0.25, 0.3) is 0 Å². The van der Waals surface area contributed by atoms with Gasteiger partial charge < -0.3 is 10.1 Å². The SMILES string of the molecule is CCc1nnc(NCCOCC(F)(F)F)c(C#N)c1CC. The second-order valence-electron chi connectivity index (χ2n) is 4.26. The normalized spacial score (nSPS) is 11.2. The Kier molecular flexibility index (Phi) is 6.37. The summed E-state index contributed by atoms with van der Waals surface area (Å²) in [6.07, 6.45) is -3.03. The Morgan fingerprint density at radius 2 is 1.95 bits per heavy atom. The standard InChI is InChI=1S/C13H17F3N4O/c1-3-9-10(7-17)12(20-19-11(9)4-2)18-5-6-21-8-13(14,15)16/h3-6,8H2,1-2H3,(H,18,20). The number of alkyl halides is 3. The molecule has 0 unspecified atom stereocenters. The van der Waals surface area contributed by atoms with Gasteiger partial charge in [-0.15, -0.1) is 5.10 Å². The topological polar surface area (TPSA) is 70.8 Å². The van der Waals surface area contributed by atoms with Crippen molar-refractivity contribution in [3.8, 4) is 6.07 Å². The van der Waals surface area contributed by atoms with Crippen molar-refractivity contribution in [2.24, 2.45) is 0 Å². The first-order chi connectivity index (χ1) is 9.92. The molecule has 0 bridgehead atoms. The van der Waals surface area contributed by atoms with Crippen LogP contribution in [0, 0.1) is 11.3 Å². The van der Waals surface area contributed by atoms with Crippen molar-refractivity contribution in [1.82, 2.24) is 10.2 Å². The summed E-state index contributed by atoms with van der Waals surface area (Å²) in [5.74, 6) is 0.280. The van der Waals surface area contributed by atoms with E-state index in [9.17, 15) is 18.4 Å². The first-order valence-electron chi connectivity index (χ1n) is 6.59. The molecule has 1 heterocycles. The molecule has 0 fully saturated rings. The number of ether oxygens (including phenoxy) is 1. The molecule has 1 aromatic heterocycles. The van der Waals surface area contributed by atoms with Crippen LogP contribution in [0.3, 0.4) is 0 Å². The lowest BCUT2D eigenvalue weighted by Crippen LogP contribution is -2.20. The third-order valence-corrected chi connectivity index (χ3v) is 2.76. The maximum absolute atomic E-state index is 11.9. The van der Waals surface area contributed by atoms with E-state index in [2.05, 4.69) is 26.3 Å². The van der Waals surface area contributed by atoms with Gasteiger partial charge in [-0.3, -0.25) is 0 Å². The molecule has 0 aromatic carbocycles. The van der Waals surface area contributed by atoms with Gasteiger partial charge in [0.15, 0.2) is 5.82 Å². The highest BCUT2D eigenvalue weighted by atomic mass is 19.4. The molecular weight excluding hydrogens is 285 g/mol. The number of aryl methyl sites for hydroxylation is 1. The van der Waals surface area contributed by atoms with Crippen LogP contribution in [-0.4, -0.2) is 36.1 Å². The fourth-order valence-corrected chi connectivity index (χ4v) is 1.85. The second-order valence-corrected chi connectivity index (χ2v) is 4.26. The Morgan fingerprint density at radius 1 is 1.24 bits per heavy atom. The average molecular weight is 302 g/mol. The van der Waals surface area contributed by atoms with Crippen LogP contribution >= 0.6 is 0 Å². The summed E-state index contributed by atoms with van der Waals surface area (Å²) in [5, 5.41) is 20.0. The lowest BCUT2D eigenvalue weighted by Gasteiger charge is -2.12. The number of hydrogen-bond acceptors (Lipinski definition) is 5. The number of nitriles is 1. The van der Waals surface area contributed by atoms with E-state index in [4.69, 9.17) is 0 Å². The van der Waals surface area contributed by atoms with Gasteiger partial charge in [0.05, 0.1) is 12.3 Å². The zero-order valence-corrected chi connectivity index (χ0v) is 11.9. The van der Waals surface area contributed by atoms with E-state index in [1.54, 1.807) is 0 Å². The van der Waals surface area contributed by atoms with E-state index in [1.807, 2.05) is 13.8 Å². The molecule has 1 aromatic rings. The molecule has 0 aliphatic carbocycles. The van der Waals surface area contributed by atoms with Gasteiger partial charge in [-0.05, 0) is 18.4 Å². The van der Waals surface area contributed by atoms with Crippen LogP contribution in [0.25, 0.3) is 0 Å². The Bertz CT molecular complexity index is 511. The molecule has 0 aliphatic rings. The molecule has 0 aliphatic heterocycles. The highest BCUT2D eigenvalue weighted by Crippen LogP contribution is 2.19. The Labute approximate surface area is 121 Å². The van der Waals surface area contributed by atoms with Crippen LogP contribution in [-0.2, 0) is 17.6 Å². The Balaban J connectivity index is 2.66. The van der Waals surface area contributed by atoms with Gasteiger partial charge in [0.2, 0.25) is 0 Å². The van der Waals surface area contributed by atoms with Crippen molar-refractivity contribution < 1.29 is 17.9 Å². The van der Waals surface area contributed by atoms with Crippen LogP contribution < -0.4 is 5.32 Å². The number of rotatable bonds is 7. The highest BCUT2D eigenvalue weighted by molar-refractivity contribution is 5.56. The maximum atomic E-state index is 11.9. The van der Waals surface area contributed by atoms with Crippen LogP contribution in [0.15, 0.2) is 0 Å². The Morgan fingerprint density at radius 3 is 2.48 bits per heavy atom. The van der Waals surface area contributed by atoms with Gasteiger partial charge in [-0.1, -0.05) is 13.8 Å². The van der Waals surface area contributed by atoms with E-state index in [1.165, 1.54) is 0 Å². The number of anilines is 1. The zero-order chi connectivity index (χ0) is 15.9. The Hall–Kier alpha value is -1.88. The summed E-state index contributed by atoms with van der Waals surface area (Å²) in [6, 6.07) is 2.07. The van der Waals surface area contributed by atoms with Crippen molar-refractivity contribution in [1.29, 1.82) is 5.26 Å². The van der Waals surface area contributed by atoms with Crippen molar-refractivity contribution in [2.45, 2.75) is 32.9 Å². The van der Waals surface area contributed by atoms with E-state index >= 15 is 0 Å². The van der Waals surface area contributed by atoms with Gasteiger partial charge >= 0.3 is 6.18 Å². The smallest absolute Gasteiger partial charge is 0.370 e. The third-order valence-electron chi connectivity index (χ3n) is 2.76. The van der Waals surface area contributed by atoms with E-state index < -0.39 is 12.8 Å². The highest BCUT2D eigenvalue weighted by Gasteiger charge is 2.27. The summed E-state index contributed by atoms with van der Waals surface area (Å²) in [6.45, 7) is 2.52. The van der Waals surface area contributed by atoms with Gasteiger partial charge in [-0.25, -0.2) is 0 Å². The number of hydrogen-bond donors (Lipinski definition) is 1. The summed E-state index contributed by atoms with van der Waals surface area (Å²) in [4.78, 5) is 0. The number of nitrogens with one attached hydrogen (secondary N) is 1. The lowest BCUT2D eigenvalue weighted by molar-refractivity contribution is -0.172. The molecule has 116 valence electrons. The van der Waals surface area contributed by atoms with Crippen LogP contribution in [0.1, 0.15) is 30.7 Å². The second kappa shape index (κ2) is 7.78.